The largest absolute Gasteiger partial charge is 0.497 e. The van der Waals surface area contributed by atoms with E-state index >= 15 is 0 Å². The fourth-order valence-corrected chi connectivity index (χ4v) is 4.95. The molecule has 1 fully saturated rings. The molecule has 0 radical (unpaired) electrons. The summed E-state index contributed by atoms with van der Waals surface area (Å²) in [6.07, 6.45) is -2.23. The van der Waals surface area contributed by atoms with Crippen LogP contribution in [0, 0.1) is 6.92 Å². The maximum absolute atomic E-state index is 14.3. The quantitative estimate of drug-likeness (QED) is 0.158. The Morgan fingerprint density at radius 3 is 2.33 bits per heavy atom. The van der Waals surface area contributed by atoms with Crippen molar-refractivity contribution in [1.29, 1.82) is 0 Å². The highest BCUT2D eigenvalue weighted by atomic mass is 35.5. The Morgan fingerprint density at radius 1 is 1.00 bits per heavy atom. The molecule has 7 nitrogen and oxygen atoms in total. The van der Waals surface area contributed by atoms with Crippen molar-refractivity contribution in [2.75, 3.05) is 20.2 Å². The summed E-state index contributed by atoms with van der Waals surface area (Å²) in [6, 6.07) is 13.1. The van der Waals surface area contributed by atoms with Gasteiger partial charge in [0.15, 0.2) is 0 Å². The molecule has 1 aliphatic rings. The molecule has 1 aliphatic heterocycles. The molecule has 0 spiro atoms. The number of fused-ring (bicyclic) bond motifs is 1. The van der Waals surface area contributed by atoms with Crippen LogP contribution in [0.25, 0.3) is 11.0 Å². The van der Waals surface area contributed by atoms with Gasteiger partial charge in [0.25, 0.3) is 5.76 Å². The molecule has 0 unspecified atom stereocenters. The third-order valence-electron chi connectivity index (χ3n) is 7.04. The lowest BCUT2D eigenvalue weighted by Gasteiger charge is -2.27. The minimum absolute atomic E-state index is 0.00682. The summed E-state index contributed by atoms with van der Waals surface area (Å²) in [4.78, 5) is 28.6. The second-order valence-corrected chi connectivity index (χ2v) is 10.4. The number of likely N-dealkylation sites (tertiary alicyclic amines) is 1. The summed E-state index contributed by atoms with van der Waals surface area (Å²) in [7, 11) is 1.49. The van der Waals surface area contributed by atoms with Crippen LogP contribution in [0.1, 0.15) is 46.5 Å². The highest BCUT2D eigenvalue weighted by molar-refractivity contribution is 6.31. The van der Waals surface area contributed by atoms with Crippen molar-refractivity contribution in [3.63, 3.8) is 0 Å². The topological polar surface area (TPSA) is 78.2 Å². The maximum Gasteiger partial charge on any atom is 0.453 e. The molecule has 0 saturated carbocycles. The summed E-state index contributed by atoms with van der Waals surface area (Å²) in [5.41, 5.74) is -0.409. The van der Waals surface area contributed by atoms with Gasteiger partial charge in [-0.3, -0.25) is 9.69 Å². The summed E-state index contributed by atoms with van der Waals surface area (Å²) in [5.74, 6) is -2.79. The lowest BCUT2D eigenvalue weighted by molar-refractivity contribution is -0.154. The van der Waals surface area contributed by atoms with Crippen LogP contribution < -0.4 is 19.6 Å². The molecule has 3 aromatic carbocycles. The summed E-state index contributed by atoms with van der Waals surface area (Å²) in [5, 5.41) is 0.253. The number of carbonyl (C=O) groups excluding carboxylic acids is 1. The van der Waals surface area contributed by atoms with Gasteiger partial charge in [0, 0.05) is 11.6 Å². The second kappa shape index (κ2) is 12.1. The number of aryl methyl sites for hydroxylation is 1. The van der Waals surface area contributed by atoms with E-state index in [0.29, 0.717) is 29.4 Å². The van der Waals surface area contributed by atoms with E-state index in [1.807, 2.05) is 4.90 Å². The van der Waals surface area contributed by atoms with E-state index < -0.39 is 29.1 Å². The summed E-state index contributed by atoms with van der Waals surface area (Å²) in [6.45, 7) is 3.15. The van der Waals surface area contributed by atoms with E-state index in [0.717, 1.165) is 19.3 Å². The molecule has 42 heavy (non-hydrogen) atoms. The van der Waals surface area contributed by atoms with Crippen LogP contribution in [-0.2, 0) is 12.7 Å². The zero-order chi connectivity index (χ0) is 30.0. The third kappa shape index (κ3) is 6.24. The maximum atomic E-state index is 14.3. The van der Waals surface area contributed by atoms with Gasteiger partial charge in [0.05, 0.1) is 23.6 Å². The van der Waals surface area contributed by atoms with Gasteiger partial charge in [-0.25, -0.2) is 4.79 Å². The van der Waals surface area contributed by atoms with E-state index in [2.05, 4.69) is 0 Å². The Morgan fingerprint density at radius 2 is 1.69 bits per heavy atom. The zero-order valence-corrected chi connectivity index (χ0v) is 23.6. The average molecular weight is 602 g/mol. The van der Waals surface area contributed by atoms with Crippen LogP contribution in [0.3, 0.4) is 0 Å². The van der Waals surface area contributed by atoms with E-state index in [1.54, 1.807) is 19.1 Å². The predicted octanol–water partition coefficient (Wildman–Crippen LogP) is 7.78. The van der Waals surface area contributed by atoms with Gasteiger partial charge in [0.2, 0.25) is 11.2 Å². The highest BCUT2D eigenvalue weighted by Gasteiger charge is 2.41. The Kier molecular flexibility index (Phi) is 8.47. The van der Waals surface area contributed by atoms with Crippen molar-refractivity contribution in [3.8, 4) is 23.0 Å². The number of ether oxygens (including phenoxy) is 3. The molecule has 2 heterocycles. The first-order valence-electron chi connectivity index (χ1n) is 13.3. The Hall–Kier alpha value is -4.02. The van der Waals surface area contributed by atoms with Crippen LogP contribution in [0.5, 0.6) is 23.0 Å². The molecular weight excluding hydrogens is 575 g/mol. The third-order valence-corrected chi connectivity index (χ3v) is 7.47. The number of nitrogens with zero attached hydrogens (tertiary/aromatic N) is 1. The molecule has 1 aromatic heterocycles. The highest BCUT2D eigenvalue weighted by Crippen LogP contribution is 2.41. The fraction of sp³-hybridized carbons (Fsp3) is 0.290. The second-order valence-electron chi connectivity index (χ2n) is 9.97. The SMILES string of the molecule is COc1ccc(C(=O)Oc2ccc3c(=O)c(Oc4ccc(Cl)c(C)c4)c(C(F)(F)F)oc3c2CN2CCCCC2)cc1. The molecule has 0 aliphatic carbocycles. The van der Waals surface area contributed by atoms with Crippen LogP contribution in [0.2, 0.25) is 5.02 Å². The molecule has 11 heteroatoms. The Bertz CT molecular complexity index is 1680. The Labute approximate surface area is 244 Å². The van der Waals surface area contributed by atoms with Gasteiger partial charge < -0.3 is 18.6 Å². The molecule has 0 bridgehead atoms. The van der Waals surface area contributed by atoms with E-state index in [-0.39, 0.29) is 40.1 Å². The van der Waals surface area contributed by atoms with Crippen LogP contribution in [0.4, 0.5) is 13.2 Å². The number of alkyl halides is 3. The molecule has 0 amide bonds. The minimum atomic E-state index is -5.07. The number of benzene rings is 3. The standard InChI is InChI=1S/C31H27ClF3NO6/c1-18-16-21(10-12-24(18)32)40-28-26(37)22-11-13-25(41-30(38)19-6-8-20(39-2)9-7-19)23(17-36-14-4-3-5-15-36)27(22)42-29(28)31(33,34)35/h6-13,16H,3-5,14-15,17H2,1-2H3. The van der Waals surface area contributed by atoms with Gasteiger partial charge >= 0.3 is 12.1 Å². The average Bonchev–Trinajstić information content (AvgIpc) is 2.97. The van der Waals surface area contributed by atoms with Gasteiger partial charge in [-0.05, 0) is 93.0 Å². The van der Waals surface area contributed by atoms with Crippen molar-refractivity contribution < 1.29 is 36.6 Å². The molecule has 5 rings (SSSR count). The molecule has 1 saturated heterocycles. The lowest BCUT2D eigenvalue weighted by atomic mass is 10.1. The number of carbonyl (C=O) groups is 1. The van der Waals surface area contributed by atoms with Gasteiger partial charge in [0.1, 0.15) is 22.8 Å². The number of rotatable bonds is 7. The number of methoxy groups -OCH3 is 1. The van der Waals surface area contributed by atoms with Crippen molar-refractivity contribution in [2.45, 2.75) is 38.9 Å². The Balaban J connectivity index is 1.64. The van der Waals surface area contributed by atoms with E-state index in [4.69, 9.17) is 30.2 Å². The fourth-order valence-electron chi connectivity index (χ4n) is 4.83. The van der Waals surface area contributed by atoms with Crippen LogP contribution in [-0.4, -0.2) is 31.1 Å². The zero-order valence-electron chi connectivity index (χ0n) is 22.8. The monoisotopic (exact) mass is 601 g/mol. The first-order valence-corrected chi connectivity index (χ1v) is 13.7. The van der Waals surface area contributed by atoms with Crippen molar-refractivity contribution in [1.82, 2.24) is 4.90 Å². The van der Waals surface area contributed by atoms with Crippen molar-refractivity contribution >= 4 is 28.5 Å². The number of hydrogen-bond donors (Lipinski definition) is 0. The predicted molar refractivity (Wildman–Crippen MR) is 151 cm³/mol. The number of hydrogen-bond acceptors (Lipinski definition) is 7. The van der Waals surface area contributed by atoms with E-state index in [1.165, 1.54) is 49.6 Å². The van der Waals surface area contributed by atoms with Crippen molar-refractivity contribution in [2.24, 2.45) is 0 Å². The molecule has 0 atom stereocenters. The summed E-state index contributed by atoms with van der Waals surface area (Å²) >= 11 is 6.04. The minimum Gasteiger partial charge on any atom is -0.497 e. The van der Waals surface area contributed by atoms with Gasteiger partial charge in [-0.1, -0.05) is 18.0 Å². The molecule has 0 N–H and O–H groups in total. The van der Waals surface area contributed by atoms with Gasteiger partial charge in [-0.2, -0.15) is 13.2 Å². The molecular formula is C31H27ClF3NO6. The first-order chi connectivity index (χ1) is 20.0. The van der Waals surface area contributed by atoms with E-state index in [9.17, 15) is 22.8 Å². The molecule has 220 valence electrons. The number of esters is 1. The van der Waals surface area contributed by atoms with Crippen molar-refractivity contribution in [3.05, 3.63) is 92.3 Å². The lowest BCUT2D eigenvalue weighted by Crippen LogP contribution is -2.29. The summed E-state index contributed by atoms with van der Waals surface area (Å²) < 4.78 is 64.8. The smallest absolute Gasteiger partial charge is 0.453 e. The number of halogens is 4. The molecule has 4 aromatic rings. The normalized spacial score (nSPS) is 14.1. The van der Waals surface area contributed by atoms with Gasteiger partial charge in [-0.15, -0.1) is 0 Å². The number of piperidine rings is 1. The first kappa shape index (κ1) is 29.5. The van der Waals surface area contributed by atoms with Crippen LogP contribution in [0.15, 0.2) is 63.8 Å². The van der Waals surface area contributed by atoms with Crippen LogP contribution >= 0.6 is 11.6 Å².